The van der Waals surface area contributed by atoms with E-state index in [0.29, 0.717) is 10.8 Å². The SMILES string of the molecule is CCc1ccc(N=Cc2ccc(OCC(=O)Nc3ccccc3)c(Cl)c2)cc1. The van der Waals surface area contributed by atoms with Gasteiger partial charge in [0.05, 0.1) is 10.7 Å². The lowest BCUT2D eigenvalue weighted by molar-refractivity contribution is -0.118. The molecule has 3 aromatic carbocycles. The number of benzene rings is 3. The zero-order valence-corrected chi connectivity index (χ0v) is 16.3. The Morgan fingerprint density at radius 2 is 1.82 bits per heavy atom. The average Bonchev–Trinajstić information content (AvgIpc) is 2.72. The molecule has 5 heteroatoms. The maximum absolute atomic E-state index is 12.0. The molecule has 0 heterocycles. The first-order valence-corrected chi connectivity index (χ1v) is 9.42. The van der Waals surface area contributed by atoms with E-state index in [-0.39, 0.29) is 12.5 Å². The minimum absolute atomic E-state index is 0.119. The Bertz CT molecular complexity index is 954. The van der Waals surface area contributed by atoms with E-state index in [1.165, 1.54) is 5.56 Å². The Labute approximate surface area is 169 Å². The monoisotopic (exact) mass is 392 g/mol. The molecule has 1 amide bonds. The standard InChI is InChI=1S/C23H21ClN2O2/c1-2-17-8-11-19(12-9-17)25-15-18-10-13-22(21(24)14-18)28-16-23(27)26-20-6-4-3-5-7-20/h3-15H,2,16H2,1H3,(H,26,27). The Kier molecular flexibility index (Phi) is 6.82. The number of hydrogen-bond acceptors (Lipinski definition) is 3. The van der Waals surface area contributed by atoms with Gasteiger partial charge in [-0.2, -0.15) is 0 Å². The molecule has 142 valence electrons. The number of aryl methyl sites for hydroxylation is 1. The van der Waals surface area contributed by atoms with E-state index < -0.39 is 0 Å². The summed E-state index contributed by atoms with van der Waals surface area (Å²) in [7, 11) is 0. The number of ether oxygens (including phenoxy) is 1. The third-order valence-electron chi connectivity index (χ3n) is 4.08. The van der Waals surface area contributed by atoms with Crippen molar-refractivity contribution in [2.75, 3.05) is 11.9 Å². The predicted molar refractivity (Wildman–Crippen MR) is 115 cm³/mol. The van der Waals surface area contributed by atoms with E-state index in [4.69, 9.17) is 16.3 Å². The Morgan fingerprint density at radius 3 is 2.50 bits per heavy atom. The van der Waals surface area contributed by atoms with Gasteiger partial charge in [-0.05, 0) is 60.0 Å². The molecule has 0 aliphatic carbocycles. The fraction of sp³-hybridized carbons (Fsp3) is 0.130. The largest absolute Gasteiger partial charge is 0.482 e. The first kappa shape index (κ1) is 19.6. The summed E-state index contributed by atoms with van der Waals surface area (Å²) in [6, 6.07) is 22.7. The molecule has 0 aromatic heterocycles. The van der Waals surface area contributed by atoms with Gasteiger partial charge in [-0.15, -0.1) is 0 Å². The van der Waals surface area contributed by atoms with Crippen LogP contribution in [-0.2, 0) is 11.2 Å². The average molecular weight is 393 g/mol. The predicted octanol–water partition coefficient (Wildman–Crippen LogP) is 5.67. The number of carbonyl (C=O) groups is 1. The zero-order valence-electron chi connectivity index (χ0n) is 15.6. The van der Waals surface area contributed by atoms with Crippen molar-refractivity contribution in [1.82, 2.24) is 0 Å². The zero-order chi connectivity index (χ0) is 19.8. The van der Waals surface area contributed by atoms with Gasteiger partial charge in [0.2, 0.25) is 0 Å². The number of halogens is 1. The van der Waals surface area contributed by atoms with Crippen LogP contribution in [0.4, 0.5) is 11.4 Å². The molecule has 3 rings (SSSR count). The minimum atomic E-state index is -0.247. The number of anilines is 1. The molecule has 0 aliphatic heterocycles. The first-order valence-electron chi connectivity index (χ1n) is 9.04. The fourth-order valence-electron chi connectivity index (χ4n) is 2.54. The highest BCUT2D eigenvalue weighted by atomic mass is 35.5. The summed E-state index contributed by atoms with van der Waals surface area (Å²) in [6.45, 7) is 2.00. The van der Waals surface area contributed by atoms with Crippen LogP contribution in [0.1, 0.15) is 18.1 Å². The lowest BCUT2D eigenvalue weighted by atomic mass is 10.1. The van der Waals surface area contributed by atoms with Gasteiger partial charge in [-0.3, -0.25) is 9.79 Å². The van der Waals surface area contributed by atoms with Crippen LogP contribution in [0.5, 0.6) is 5.75 Å². The van der Waals surface area contributed by atoms with E-state index in [1.54, 1.807) is 18.3 Å². The Balaban J connectivity index is 1.57. The maximum atomic E-state index is 12.0. The summed E-state index contributed by atoms with van der Waals surface area (Å²) < 4.78 is 5.53. The summed E-state index contributed by atoms with van der Waals surface area (Å²) in [4.78, 5) is 16.4. The van der Waals surface area contributed by atoms with E-state index in [0.717, 1.165) is 23.4 Å². The molecule has 28 heavy (non-hydrogen) atoms. The lowest BCUT2D eigenvalue weighted by Crippen LogP contribution is -2.20. The summed E-state index contributed by atoms with van der Waals surface area (Å²) in [5, 5.41) is 3.19. The number of carbonyl (C=O) groups excluding carboxylic acids is 1. The number of nitrogens with one attached hydrogen (secondary N) is 1. The van der Waals surface area contributed by atoms with Crippen molar-refractivity contribution < 1.29 is 9.53 Å². The Hall–Kier alpha value is -3.11. The highest BCUT2D eigenvalue weighted by Gasteiger charge is 2.07. The number of aliphatic imine (C=N–C) groups is 1. The molecule has 3 aromatic rings. The number of rotatable bonds is 7. The summed E-state index contributed by atoms with van der Waals surface area (Å²) in [6.07, 6.45) is 2.75. The summed E-state index contributed by atoms with van der Waals surface area (Å²) >= 11 is 6.28. The van der Waals surface area contributed by atoms with E-state index in [9.17, 15) is 4.79 Å². The van der Waals surface area contributed by atoms with Crippen molar-refractivity contribution in [2.45, 2.75) is 13.3 Å². The van der Waals surface area contributed by atoms with Crippen molar-refractivity contribution in [3.8, 4) is 5.75 Å². The van der Waals surface area contributed by atoms with Crippen LogP contribution in [0.2, 0.25) is 5.02 Å². The highest BCUT2D eigenvalue weighted by molar-refractivity contribution is 6.32. The quantitative estimate of drug-likeness (QED) is 0.526. The van der Waals surface area contributed by atoms with Gasteiger partial charge in [0.25, 0.3) is 5.91 Å². The van der Waals surface area contributed by atoms with Gasteiger partial charge in [-0.1, -0.05) is 48.9 Å². The third kappa shape index (κ3) is 5.69. The molecule has 4 nitrogen and oxygen atoms in total. The normalized spacial score (nSPS) is 10.8. The van der Waals surface area contributed by atoms with Crippen LogP contribution in [0.15, 0.2) is 77.8 Å². The van der Waals surface area contributed by atoms with Crippen LogP contribution < -0.4 is 10.1 Å². The van der Waals surface area contributed by atoms with Gasteiger partial charge in [0.15, 0.2) is 6.61 Å². The van der Waals surface area contributed by atoms with Crippen LogP contribution in [0, 0.1) is 0 Å². The van der Waals surface area contributed by atoms with Gasteiger partial charge < -0.3 is 10.1 Å². The van der Waals surface area contributed by atoms with Crippen LogP contribution >= 0.6 is 11.6 Å². The molecule has 1 N–H and O–H groups in total. The number of hydrogen-bond donors (Lipinski definition) is 1. The van der Waals surface area contributed by atoms with Gasteiger partial charge in [-0.25, -0.2) is 0 Å². The first-order chi connectivity index (χ1) is 13.6. The summed E-state index contributed by atoms with van der Waals surface area (Å²) in [5.41, 5.74) is 3.73. The van der Waals surface area contributed by atoms with Crippen molar-refractivity contribution >= 4 is 35.1 Å². The smallest absolute Gasteiger partial charge is 0.262 e. The van der Waals surface area contributed by atoms with Crippen LogP contribution in [-0.4, -0.2) is 18.7 Å². The summed E-state index contributed by atoms with van der Waals surface area (Å²) in [5.74, 6) is 0.206. The lowest BCUT2D eigenvalue weighted by Gasteiger charge is -2.09. The molecular formula is C23H21ClN2O2. The van der Waals surface area contributed by atoms with Gasteiger partial charge in [0.1, 0.15) is 5.75 Å². The van der Waals surface area contributed by atoms with Crippen LogP contribution in [0.25, 0.3) is 0 Å². The van der Waals surface area contributed by atoms with Gasteiger partial charge in [0, 0.05) is 11.9 Å². The number of nitrogens with zero attached hydrogens (tertiary/aromatic N) is 1. The molecule has 0 unspecified atom stereocenters. The van der Waals surface area contributed by atoms with Gasteiger partial charge >= 0.3 is 0 Å². The second kappa shape index (κ2) is 9.72. The third-order valence-corrected chi connectivity index (χ3v) is 4.37. The maximum Gasteiger partial charge on any atom is 0.262 e. The van der Waals surface area contributed by atoms with E-state index in [2.05, 4.69) is 29.4 Å². The molecular weight excluding hydrogens is 372 g/mol. The Morgan fingerprint density at radius 1 is 1.07 bits per heavy atom. The molecule has 0 aliphatic rings. The highest BCUT2D eigenvalue weighted by Crippen LogP contribution is 2.25. The topological polar surface area (TPSA) is 50.7 Å². The van der Waals surface area contributed by atoms with Crippen LogP contribution in [0.3, 0.4) is 0 Å². The van der Waals surface area contributed by atoms with Crippen molar-refractivity contribution in [3.63, 3.8) is 0 Å². The molecule has 0 saturated carbocycles. The molecule has 0 bridgehead atoms. The van der Waals surface area contributed by atoms with Crippen molar-refractivity contribution in [1.29, 1.82) is 0 Å². The second-order valence-corrected chi connectivity index (χ2v) is 6.58. The minimum Gasteiger partial charge on any atom is -0.482 e. The van der Waals surface area contributed by atoms with Crippen molar-refractivity contribution in [2.24, 2.45) is 4.99 Å². The molecule has 0 spiro atoms. The molecule has 0 radical (unpaired) electrons. The van der Waals surface area contributed by atoms with Crippen molar-refractivity contribution in [3.05, 3.63) is 88.9 Å². The molecule has 0 atom stereocenters. The molecule has 0 fully saturated rings. The second-order valence-electron chi connectivity index (χ2n) is 6.17. The molecule has 0 saturated heterocycles. The number of para-hydroxylation sites is 1. The van der Waals surface area contributed by atoms with E-state index in [1.807, 2.05) is 48.5 Å². The number of amides is 1. The van der Waals surface area contributed by atoms with E-state index >= 15 is 0 Å². The fourth-order valence-corrected chi connectivity index (χ4v) is 2.79.